The molecule has 2 aliphatic carbocycles. The number of carbonyl (C=O) groups is 5. The molecule has 1 saturated heterocycles. The van der Waals surface area contributed by atoms with E-state index in [1.165, 1.54) is 11.8 Å². The molecule has 228 valence electrons. The van der Waals surface area contributed by atoms with Gasteiger partial charge in [-0.2, -0.15) is 11.8 Å². The second-order valence-corrected chi connectivity index (χ2v) is 12.7. The fourth-order valence-corrected chi connectivity index (χ4v) is 8.81. The van der Waals surface area contributed by atoms with Crippen LogP contribution < -0.4 is 25.8 Å². The number of rotatable bonds is 12. The van der Waals surface area contributed by atoms with E-state index in [1.54, 1.807) is 7.11 Å². The number of thioether (sulfide) groups is 1. The molecule has 1 aromatic carbocycles. The number of benzene rings is 1. The van der Waals surface area contributed by atoms with E-state index in [1.807, 2.05) is 6.07 Å². The van der Waals surface area contributed by atoms with Gasteiger partial charge in [0.1, 0.15) is 18.6 Å². The van der Waals surface area contributed by atoms with Gasteiger partial charge < -0.3 is 41.0 Å². The molecule has 1 spiro atoms. The number of carboxylic acid groups (broad SMARTS) is 2. The topological polar surface area (TPSA) is 198 Å². The van der Waals surface area contributed by atoms with Crippen molar-refractivity contribution >= 4 is 41.3 Å². The zero-order valence-electron chi connectivity index (χ0n) is 23.5. The smallest absolute Gasteiger partial charge is 0.322 e. The Hall–Kier alpha value is -3.36. The second-order valence-electron chi connectivity index (χ2n) is 11.5. The Morgan fingerprint density at radius 1 is 1.26 bits per heavy atom. The van der Waals surface area contributed by atoms with Crippen molar-refractivity contribution in [1.29, 1.82) is 0 Å². The first-order chi connectivity index (χ1) is 20.0. The molecule has 5 rings (SSSR count). The van der Waals surface area contributed by atoms with Gasteiger partial charge in [0.25, 0.3) is 0 Å². The summed E-state index contributed by atoms with van der Waals surface area (Å²) in [5.41, 5.74) is 7.18. The van der Waals surface area contributed by atoms with Gasteiger partial charge in [-0.15, -0.1) is 0 Å². The van der Waals surface area contributed by atoms with Crippen molar-refractivity contribution in [3.63, 3.8) is 0 Å². The Morgan fingerprint density at radius 2 is 2.02 bits per heavy atom. The lowest BCUT2D eigenvalue weighted by molar-refractivity contribution is -0.139. The van der Waals surface area contributed by atoms with Crippen LogP contribution in [0.3, 0.4) is 0 Å². The third kappa shape index (κ3) is 5.20. The maximum atomic E-state index is 13.7. The van der Waals surface area contributed by atoms with E-state index < -0.39 is 53.9 Å². The minimum Gasteiger partial charge on any atom is -0.493 e. The highest BCUT2D eigenvalue weighted by molar-refractivity contribution is 8.00. The van der Waals surface area contributed by atoms with Crippen LogP contribution in [0.1, 0.15) is 36.8 Å². The number of carbonyl (C=O) groups excluding carboxylic acids is 3. The lowest BCUT2D eigenvalue weighted by atomic mass is 9.51. The first-order valence-electron chi connectivity index (χ1n) is 14.0. The number of nitrogens with one attached hydrogen (secondary N) is 2. The van der Waals surface area contributed by atoms with Crippen LogP contribution in [0.2, 0.25) is 0 Å². The number of hydrogen-bond donors (Lipinski definition) is 5. The van der Waals surface area contributed by atoms with Crippen molar-refractivity contribution in [3.8, 4) is 11.5 Å². The molecule has 1 aromatic rings. The number of hydrogen-bond acceptors (Lipinski definition) is 10. The number of nitrogens with zero attached hydrogens (tertiary/aromatic N) is 1. The van der Waals surface area contributed by atoms with Crippen LogP contribution >= 0.6 is 11.8 Å². The average Bonchev–Trinajstić information content (AvgIpc) is 3.30. The van der Waals surface area contributed by atoms with E-state index in [9.17, 15) is 24.0 Å². The Kier molecular flexibility index (Phi) is 8.41. The molecule has 2 heterocycles. The highest BCUT2D eigenvalue weighted by Gasteiger charge is 2.68. The largest absolute Gasteiger partial charge is 0.493 e. The lowest BCUT2D eigenvalue weighted by Gasteiger charge is -2.59. The van der Waals surface area contributed by atoms with E-state index in [-0.39, 0.29) is 48.0 Å². The van der Waals surface area contributed by atoms with Crippen molar-refractivity contribution < 1.29 is 43.7 Å². The number of ketones is 1. The van der Waals surface area contributed by atoms with E-state index in [2.05, 4.69) is 28.6 Å². The molecular formula is C28H36N4O9S. The summed E-state index contributed by atoms with van der Waals surface area (Å²) in [6.07, 6.45) is 0.771. The highest BCUT2D eigenvalue weighted by atomic mass is 32.2. The quantitative estimate of drug-likeness (QED) is 0.206. The van der Waals surface area contributed by atoms with Gasteiger partial charge in [0.15, 0.2) is 23.4 Å². The summed E-state index contributed by atoms with van der Waals surface area (Å²) in [5, 5.41) is 22.8. The fraction of sp³-hybridized carbons (Fsp3) is 0.607. The van der Waals surface area contributed by atoms with Crippen molar-refractivity contribution in [2.75, 3.05) is 33.0 Å². The van der Waals surface area contributed by atoms with Crippen LogP contribution in [-0.4, -0.2) is 107 Å². The van der Waals surface area contributed by atoms with E-state index in [0.29, 0.717) is 11.5 Å². The Balaban J connectivity index is 1.40. The standard InChI is InChI=1S/C28H36N4O9S/c1-32-8-7-28-22-13-3-5-18(40-2)24(22)41-25(28)17(33)10-19(23(28)16(32)9-13)42-12-15(26(37)30-11-21(35)36)31-20(34)6-4-14(29)27(38)39/h3,5,14-16,19,23,25H,4,6-12,29H2,1-2H3,(H,30,37)(H,31,34)(H,35,36)(H,38,39)/t14-,15-,16+,19-,23+,25-,28+/m0/s1. The predicted octanol–water partition coefficient (Wildman–Crippen LogP) is -0.477. The van der Waals surface area contributed by atoms with Crippen molar-refractivity contribution in [2.24, 2.45) is 11.7 Å². The van der Waals surface area contributed by atoms with Gasteiger partial charge in [-0.3, -0.25) is 24.0 Å². The van der Waals surface area contributed by atoms with Crippen LogP contribution in [0.5, 0.6) is 11.5 Å². The third-order valence-corrected chi connectivity index (χ3v) is 10.5. The summed E-state index contributed by atoms with van der Waals surface area (Å²) >= 11 is 1.42. The Bertz CT molecular complexity index is 1310. The molecule has 6 N–H and O–H groups in total. The van der Waals surface area contributed by atoms with Crippen LogP contribution in [-0.2, 0) is 35.8 Å². The van der Waals surface area contributed by atoms with E-state index >= 15 is 0 Å². The minimum atomic E-state index is -1.24. The van der Waals surface area contributed by atoms with Crippen LogP contribution in [0.25, 0.3) is 0 Å². The zero-order valence-corrected chi connectivity index (χ0v) is 24.3. The average molecular weight is 605 g/mol. The summed E-state index contributed by atoms with van der Waals surface area (Å²) in [5.74, 6) is -2.39. The maximum Gasteiger partial charge on any atom is 0.322 e. The number of Topliss-reactive ketones (excluding diaryl/α,β-unsaturated/α-hetero) is 1. The number of amides is 2. The molecule has 2 aliphatic heterocycles. The van der Waals surface area contributed by atoms with Gasteiger partial charge in [0.2, 0.25) is 11.8 Å². The number of methoxy groups -OCH3 is 1. The minimum absolute atomic E-state index is 0.0169. The number of carboxylic acids is 2. The van der Waals surface area contributed by atoms with E-state index in [0.717, 1.165) is 30.5 Å². The molecule has 2 amide bonds. The number of nitrogens with two attached hydrogens (primary N) is 1. The van der Waals surface area contributed by atoms with Gasteiger partial charge in [0, 0.05) is 41.4 Å². The normalized spacial score (nSPS) is 28.6. The maximum absolute atomic E-state index is 13.7. The molecule has 0 aromatic heterocycles. The second kappa shape index (κ2) is 11.7. The number of piperidine rings is 1. The summed E-state index contributed by atoms with van der Waals surface area (Å²) < 4.78 is 12.0. The summed E-state index contributed by atoms with van der Waals surface area (Å²) in [7, 11) is 3.67. The third-order valence-electron chi connectivity index (χ3n) is 9.12. The number of aliphatic carboxylic acids is 2. The molecule has 13 nitrogen and oxygen atoms in total. The molecule has 14 heteroatoms. The highest BCUT2D eigenvalue weighted by Crippen LogP contribution is 2.64. The SMILES string of the molecule is COc1ccc2c3c1O[C@H]1C(=O)C[C@H](SC[C@H](NC(=O)CC[C@H](N)C(=O)O)C(=O)NCC(=O)O)[C@H]4[C@@H](C2)N(C)CC[C@@]341. The van der Waals surface area contributed by atoms with Crippen molar-refractivity contribution in [3.05, 3.63) is 23.3 Å². The summed E-state index contributed by atoms with van der Waals surface area (Å²) in [6.45, 7) is 0.178. The fourth-order valence-electron chi connectivity index (χ4n) is 7.23. The molecule has 4 aliphatic rings. The zero-order chi connectivity index (χ0) is 30.3. The molecule has 42 heavy (non-hydrogen) atoms. The van der Waals surface area contributed by atoms with Crippen LogP contribution in [0, 0.1) is 5.92 Å². The molecule has 0 radical (unpaired) electrons. The van der Waals surface area contributed by atoms with E-state index in [4.69, 9.17) is 25.4 Å². The Morgan fingerprint density at radius 3 is 2.71 bits per heavy atom. The van der Waals surface area contributed by atoms with Crippen LogP contribution in [0.4, 0.5) is 0 Å². The van der Waals surface area contributed by atoms with Crippen molar-refractivity contribution in [2.45, 2.75) is 67.0 Å². The molecule has 1 saturated carbocycles. The molecule has 7 atom stereocenters. The number of likely N-dealkylation sites (N-methyl/N-ethyl adjacent to an activating group) is 1. The van der Waals surface area contributed by atoms with Crippen LogP contribution in [0.15, 0.2) is 12.1 Å². The van der Waals surface area contributed by atoms with Gasteiger partial charge in [-0.1, -0.05) is 6.07 Å². The number of ether oxygens (including phenoxy) is 2. The number of likely N-dealkylation sites (tertiary alicyclic amines) is 1. The first-order valence-corrected chi connectivity index (χ1v) is 15.0. The first kappa shape index (κ1) is 30.1. The monoisotopic (exact) mass is 604 g/mol. The summed E-state index contributed by atoms with van der Waals surface area (Å²) in [4.78, 5) is 63.7. The van der Waals surface area contributed by atoms with Gasteiger partial charge in [0.05, 0.1) is 12.5 Å². The molecule has 0 unspecified atom stereocenters. The van der Waals surface area contributed by atoms with Gasteiger partial charge >= 0.3 is 11.9 Å². The lowest BCUT2D eigenvalue weighted by Crippen LogP contribution is -2.68. The molecule has 2 bridgehead atoms. The van der Waals surface area contributed by atoms with Gasteiger partial charge in [-0.25, -0.2) is 0 Å². The van der Waals surface area contributed by atoms with Crippen molar-refractivity contribution in [1.82, 2.24) is 15.5 Å². The predicted molar refractivity (Wildman–Crippen MR) is 151 cm³/mol. The molecule has 2 fully saturated rings. The van der Waals surface area contributed by atoms with Gasteiger partial charge in [-0.05, 0) is 44.5 Å². The Labute approximate surface area is 246 Å². The molecular weight excluding hydrogens is 568 g/mol. The summed E-state index contributed by atoms with van der Waals surface area (Å²) in [6, 6.07) is 1.75.